The van der Waals surface area contributed by atoms with Crippen molar-refractivity contribution in [1.82, 2.24) is 0 Å². The van der Waals surface area contributed by atoms with E-state index in [9.17, 15) is 40.2 Å². The van der Waals surface area contributed by atoms with Gasteiger partial charge in [-0.25, -0.2) is 0 Å². The number of benzene rings is 2. The molecule has 31 heavy (non-hydrogen) atoms. The maximum absolute atomic E-state index is 12.7. The van der Waals surface area contributed by atoms with Gasteiger partial charge in [-0.15, -0.1) is 0 Å². The first-order valence-electron chi connectivity index (χ1n) is 9.21. The molecule has 1 aliphatic rings. The first-order chi connectivity index (χ1) is 14.7. The smallest absolute Gasteiger partial charge is 0.197 e. The number of phenolic OH excluding ortho intramolecular Hbond substituents is 3. The average Bonchev–Trinajstić information content (AvgIpc) is 2.73. The number of ketones is 1. The van der Waals surface area contributed by atoms with E-state index < -0.39 is 59.3 Å². The molecule has 0 amide bonds. The van der Waals surface area contributed by atoms with Gasteiger partial charge >= 0.3 is 0 Å². The molecule has 4 rings (SSSR count). The normalized spacial score (nSPS) is 23.9. The number of hydrogen-bond acceptors (Lipinski definition) is 10. The van der Waals surface area contributed by atoms with E-state index in [-0.39, 0.29) is 22.5 Å². The summed E-state index contributed by atoms with van der Waals surface area (Å²) in [6.07, 6.45) is -6.80. The van der Waals surface area contributed by atoms with Crippen molar-refractivity contribution >= 4 is 16.8 Å². The molecule has 3 aromatic rings. The standard InChI is InChI=1S/C21H18O10/c22-7-14-17(26)19(28)20(29)21(31-14)16-11(25)6-13-15(18(16)27)10(24)5-12(30-13)8-1-3-9(23)4-2-8/h1-6,14,17,20-23,25-27,29H,7H2/t14-,17-,20-,21+/m1/s1. The SMILES string of the molecule is O=C1[C@@H](O)[C@H](c2c(O)cc3oc(-c4ccc(O)cc4)cc(=O)c3c2O)O[C@H](CO)[C@H]1O. The number of hydrogen-bond donors (Lipinski definition) is 6. The first-order valence-corrected chi connectivity index (χ1v) is 9.21. The monoisotopic (exact) mass is 430 g/mol. The Balaban J connectivity index is 1.86. The van der Waals surface area contributed by atoms with Gasteiger partial charge in [-0.05, 0) is 24.3 Å². The predicted molar refractivity (Wildman–Crippen MR) is 105 cm³/mol. The largest absolute Gasteiger partial charge is 0.508 e. The minimum atomic E-state index is -1.96. The molecule has 0 radical (unpaired) electrons. The number of Topliss-reactive ketones (excluding diaryl/α,β-unsaturated/α-hetero) is 1. The van der Waals surface area contributed by atoms with E-state index in [4.69, 9.17) is 9.15 Å². The molecule has 0 saturated carbocycles. The van der Waals surface area contributed by atoms with Crippen LogP contribution in [0.2, 0.25) is 0 Å². The molecule has 0 unspecified atom stereocenters. The lowest BCUT2D eigenvalue weighted by Crippen LogP contribution is -2.52. The number of aromatic hydroxyl groups is 3. The van der Waals surface area contributed by atoms with Gasteiger partial charge in [-0.2, -0.15) is 0 Å². The molecule has 1 aromatic heterocycles. The molecular formula is C21H18O10. The van der Waals surface area contributed by atoms with Crippen LogP contribution in [0.4, 0.5) is 0 Å². The lowest BCUT2D eigenvalue weighted by Gasteiger charge is -2.35. The van der Waals surface area contributed by atoms with Crippen molar-refractivity contribution < 1.29 is 44.6 Å². The van der Waals surface area contributed by atoms with E-state index in [1.165, 1.54) is 24.3 Å². The molecular weight excluding hydrogens is 412 g/mol. The zero-order valence-electron chi connectivity index (χ0n) is 15.8. The second-order valence-electron chi connectivity index (χ2n) is 7.12. The molecule has 2 aromatic carbocycles. The minimum absolute atomic E-state index is 0.0127. The molecule has 1 fully saturated rings. The summed E-state index contributed by atoms with van der Waals surface area (Å²) in [7, 11) is 0. The second kappa shape index (κ2) is 7.67. The van der Waals surface area contributed by atoms with E-state index in [2.05, 4.69) is 0 Å². The van der Waals surface area contributed by atoms with Gasteiger partial charge < -0.3 is 39.8 Å². The zero-order valence-corrected chi connectivity index (χ0v) is 15.8. The number of rotatable bonds is 3. The highest BCUT2D eigenvalue weighted by Crippen LogP contribution is 2.43. The molecule has 1 saturated heterocycles. The molecule has 162 valence electrons. The van der Waals surface area contributed by atoms with E-state index in [1.54, 1.807) is 0 Å². The van der Waals surface area contributed by atoms with E-state index in [1.807, 2.05) is 0 Å². The summed E-state index contributed by atoms with van der Waals surface area (Å²) < 4.78 is 11.0. The highest BCUT2D eigenvalue weighted by atomic mass is 16.5. The fourth-order valence-electron chi connectivity index (χ4n) is 3.57. The topological polar surface area (TPSA) is 178 Å². The van der Waals surface area contributed by atoms with Gasteiger partial charge in [-0.3, -0.25) is 9.59 Å². The van der Waals surface area contributed by atoms with Crippen molar-refractivity contribution in [3.63, 3.8) is 0 Å². The van der Waals surface area contributed by atoms with E-state index >= 15 is 0 Å². The lowest BCUT2D eigenvalue weighted by atomic mass is 9.91. The Morgan fingerprint density at radius 2 is 1.61 bits per heavy atom. The van der Waals surface area contributed by atoms with Gasteiger partial charge in [0.25, 0.3) is 0 Å². The van der Waals surface area contributed by atoms with Crippen LogP contribution in [-0.4, -0.2) is 61.3 Å². The molecule has 0 spiro atoms. The summed E-state index contributed by atoms with van der Waals surface area (Å²) in [5, 5.41) is 59.6. The molecule has 0 aliphatic carbocycles. The summed E-state index contributed by atoms with van der Waals surface area (Å²) >= 11 is 0. The number of carbonyl (C=O) groups is 1. The molecule has 2 heterocycles. The van der Waals surface area contributed by atoms with Crippen LogP contribution in [0.25, 0.3) is 22.3 Å². The Morgan fingerprint density at radius 3 is 2.26 bits per heavy atom. The van der Waals surface area contributed by atoms with Crippen molar-refractivity contribution in [2.24, 2.45) is 0 Å². The molecule has 6 N–H and O–H groups in total. The number of aliphatic hydroxyl groups is 3. The van der Waals surface area contributed by atoms with Crippen LogP contribution in [0.3, 0.4) is 0 Å². The fourth-order valence-corrected chi connectivity index (χ4v) is 3.57. The highest BCUT2D eigenvalue weighted by molar-refractivity contribution is 5.91. The van der Waals surface area contributed by atoms with Crippen LogP contribution in [0.5, 0.6) is 17.2 Å². The maximum atomic E-state index is 12.7. The number of phenols is 3. The number of fused-ring (bicyclic) bond motifs is 1. The van der Waals surface area contributed by atoms with Gasteiger partial charge in [0, 0.05) is 17.7 Å². The fraction of sp³-hybridized carbons (Fsp3) is 0.238. The maximum Gasteiger partial charge on any atom is 0.197 e. The predicted octanol–water partition coefficient (Wildman–Crippen LogP) is 0.300. The highest BCUT2D eigenvalue weighted by Gasteiger charge is 2.45. The van der Waals surface area contributed by atoms with Crippen LogP contribution < -0.4 is 5.43 Å². The van der Waals surface area contributed by atoms with Crippen LogP contribution >= 0.6 is 0 Å². The van der Waals surface area contributed by atoms with Gasteiger partial charge in [0.05, 0.1) is 12.2 Å². The van der Waals surface area contributed by atoms with Crippen LogP contribution in [-0.2, 0) is 9.53 Å². The van der Waals surface area contributed by atoms with Gasteiger partial charge in [0.1, 0.15) is 58.4 Å². The third-order valence-corrected chi connectivity index (χ3v) is 5.17. The Labute approximate surface area is 173 Å². The Kier molecular flexibility index (Phi) is 5.15. The van der Waals surface area contributed by atoms with Crippen molar-refractivity contribution in [2.45, 2.75) is 24.4 Å². The molecule has 10 heteroatoms. The summed E-state index contributed by atoms with van der Waals surface area (Å²) in [6, 6.07) is 7.91. The van der Waals surface area contributed by atoms with Crippen LogP contribution in [0.1, 0.15) is 11.7 Å². The quantitative estimate of drug-likeness (QED) is 0.338. The summed E-state index contributed by atoms with van der Waals surface area (Å²) in [5.74, 6) is -2.36. The number of aliphatic hydroxyl groups excluding tert-OH is 3. The molecule has 0 bridgehead atoms. The van der Waals surface area contributed by atoms with Crippen molar-refractivity contribution in [2.75, 3.05) is 6.61 Å². The van der Waals surface area contributed by atoms with Gasteiger partial charge in [0.15, 0.2) is 11.2 Å². The summed E-state index contributed by atoms with van der Waals surface area (Å²) in [4.78, 5) is 24.8. The summed E-state index contributed by atoms with van der Waals surface area (Å²) in [5.41, 5.74) is -0.859. The van der Waals surface area contributed by atoms with E-state index in [0.717, 1.165) is 12.1 Å². The van der Waals surface area contributed by atoms with Crippen molar-refractivity contribution in [3.05, 3.63) is 52.2 Å². The van der Waals surface area contributed by atoms with Crippen molar-refractivity contribution in [3.8, 4) is 28.6 Å². The second-order valence-corrected chi connectivity index (χ2v) is 7.12. The lowest BCUT2D eigenvalue weighted by molar-refractivity contribution is -0.189. The third-order valence-electron chi connectivity index (χ3n) is 5.17. The molecule has 1 aliphatic heterocycles. The number of ether oxygens (including phenoxy) is 1. The Morgan fingerprint density at radius 1 is 0.935 bits per heavy atom. The van der Waals surface area contributed by atoms with Crippen LogP contribution in [0.15, 0.2) is 45.6 Å². The molecule has 10 nitrogen and oxygen atoms in total. The third kappa shape index (κ3) is 3.41. The first kappa shape index (κ1) is 20.8. The van der Waals surface area contributed by atoms with Gasteiger partial charge in [0.2, 0.25) is 0 Å². The Hall–Kier alpha value is -3.44. The van der Waals surface area contributed by atoms with Crippen molar-refractivity contribution in [1.29, 1.82) is 0 Å². The molecule has 4 atom stereocenters. The average molecular weight is 430 g/mol. The minimum Gasteiger partial charge on any atom is -0.508 e. The zero-order chi connectivity index (χ0) is 22.4. The summed E-state index contributed by atoms with van der Waals surface area (Å²) in [6.45, 7) is -0.761. The van der Waals surface area contributed by atoms with Crippen LogP contribution in [0, 0.1) is 0 Å². The number of carbonyl (C=O) groups excluding carboxylic acids is 1. The van der Waals surface area contributed by atoms with E-state index in [0.29, 0.717) is 5.56 Å². The Bertz CT molecular complexity index is 1210. The van der Waals surface area contributed by atoms with Gasteiger partial charge in [-0.1, -0.05) is 0 Å².